The van der Waals surface area contributed by atoms with Crippen molar-refractivity contribution in [3.63, 3.8) is 0 Å². The maximum Gasteiger partial charge on any atom is 0.154 e. The topological polar surface area (TPSA) is 40.9 Å². The maximum absolute atomic E-state index is 12.2. The first-order chi connectivity index (χ1) is 9.72. The lowest BCUT2D eigenvalue weighted by atomic mass is 9.92. The summed E-state index contributed by atoms with van der Waals surface area (Å²) in [5.74, 6) is -0.878. The maximum atomic E-state index is 12.2. The molecular weight excluding hydrogens is 270 g/mol. The van der Waals surface area contributed by atoms with E-state index in [0.29, 0.717) is 23.4 Å². The van der Waals surface area contributed by atoms with Crippen LogP contribution in [0.5, 0.6) is 0 Å². The Balaban J connectivity index is 2.07. The lowest BCUT2D eigenvalue weighted by molar-refractivity contribution is -0.119. The van der Waals surface area contributed by atoms with Crippen molar-refractivity contribution in [1.29, 1.82) is 5.26 Å². The minimum absolute atomic E-state index is 0.0931. The fraction of sp³-hybridized carbons (Fsp3) is 0.176. The number of hydrogen-bond donors (Lipinski definition) is 0. The number of hydrogen-bond acceptors (Lipinski definition) is 2. The van der Waals surface area contributed by atoms with E-state index in [4.69, 9.17) is 11.6 Å². The second-order valence-corrected chi connectivity index (χ2v) is 4.94. The van der Waals surface area contributed by atoms with Gasteiger partial charge in [-0.05, 0) is 23.6 Å². The Hall–Kier alpha value is -2.11. The molecule has 100 valence electrons. The van der Waals surface area contributed by atoms with Crippen molar-refractivity contribution in [2.45, 2.75) is 18.8 Å². The van der Waals surface area contributed by atoms with Gasteiger partial charge in [-0.25, -0.2) is 0 Å². The van der Waals surface area contributed by atoms with Gasteiger partial charge < -0.3 is 0 Å². The Kier molecular flexibility index (Phi) is 4.92. The first kappa shape index (κ1) is 14.3. The van der Waals surface area contributed by atoms with Crippen molar-refractivity contribution in [1.82, 2.24) is 0 Å². The molecule has 2 aromatic rings. The first-order valence-corrected chi connectivity index (χ1v) is 6.81. The molecule has 0 aliphatic rings. The molecule has 0 saturated heterocycles. The number of benzene rings is 2. The van der Waals surface area contributed by atoms with Gasteiger partial charge in [0.25, 0.3) is 0 Å². The number of Topliss-reactive ketones (excluding diaryl/α,β-unsaturated/α-hetero) is 1. The van der Waals surface area contributed by atoms with E-state index >= 15 is 0 Å². The molecule has 1 atom stereocenters. The molecular formula is C17H14ClNO. The van der Waals surface area contributed by atoms with Gasteiger partial charge in [0.15, 0.2) is 5.78 Å². The molecule has 0 fully saturated rings. The van der Waals surface area contributed by atoms with Crippen LogP contribution >= 0.6 is 11.6 Å². The lowest BCUT2D eigenvalue weighted by Gasteiger charge is -2.10. The molecule has 0 radical (unpaired) electrons. The zero-order chi connectivity index (χ0) is 14.4. The van der Waals surface area contributed by atoms with Gasteiger partial charge in [-0.3, -0.25) is 4.79 Å². The smallest absolute Gasteiger partial charge is 0.154 e. The van der Waals surface area contributed by atoms with E-state index in [9.17, 15) is 10.1 Å². The standard InChI is InChI=1S/C17H14ClNO/c18-16-9-5-4-8-14(16)15(12-19)17(20)11-10-13-6-2-1-3-7-13/h1-9,15H,10-11H2. The van der Waals surface area contributed by atoms with Crippen LogP contribution in [0.3, 0.4) is 0 Å². The van der Waals surface area contributed by atoms with Crippen molar-refractivity contribution in [3.8, 4) is 6.07 Å². The summed E-state index contributed by atoms with van der Waals surface area (Å²) in [6.07, 6.45) is 0.982. The van der Waals surface area contributed by atoms with Crippen molar-refractivity contribution >= 4 is 17.4 Å². The lowest BCUT2D eigenvalue weighted by Crippen LogP contribution is -2.12. The zero-order valence-corrected chi connectivity index (χ0v) is 11.7. The highest BCUT2D eigenvalue weighted by atomic mass is 35.5. The first-order valence-electron chi connectivity index (χ1n) is 6.43. The predicted molar refractivity (Wildman–Crippen MR) is 79.6 cm³/mol. The third-order valence-electron chi connectivity index (χ3n) is 3.17. The van der Waals surface area contributed by atoms with E-state index in [1.54, 1.807) is 24.3 Å². The highest BCUT2D eigenvalue weighted by Crippen LogP contribution is 2.26. The molecule has 0 bridgehead atoms. The summed E-state index contributed by atoms with van der Waals surface area (Å²) in [6.45, 7) is 0. The molecule has 0 N–H and O–H groups in total. The SMILES string of the molecule is N#CC(C(=O)CCc1ccccc1)c1ccccc1Cl. The molecule has 3 heteroatoms. The third kappa shape index (κ3) is 3.46. The number of carbonyl (C=O) groups is 1. The van der Waals surface area contributed by atoms with E-state index in [0.717, 1.165) is 5.56 Å². The van der Waals surface area contributed by atoms with Gasteiger partial charge in [0.05, 0.1) is 6.07 Å². The summed E-state index contributed by atoms with van der Waals surface area (Å²) in [7, 11) is 0. The summed E-state index contributed by atoms with van der Waals surface area (Å²) in [6, 6.07) is 18.8. The van der Waals surface area contributed by atoms with Crippen LogP contribution in [0.1, 0.15) is 23.5 Å². The molecule has 0 saturated carbocycles. The number of nitriles is 1. The summed E-state index contributed by atoms with van der Waals surface area (Å²) in [4.78, 5) is 12.2. The van der Waals surface area contributed by atoms with Crippen LogP contribution < -0.4 is 0 Å². The molecule has 1 unspecified atom stereocenters. The fourth-order valence-electron chi connectivity index (χ4n) is 2.08. The van der Waals surface area contributed by atoms with E-state index < -0.39 is 5.92 Å². The minimum Gasteiger partial charge on any atom is -0.298 e. The van der Waals surface area contributed by atoms with Crippen LogP contribution in [-0.2, 0) is 11.2 Å². The summed E-state index contributed by atoms with van der Waals surface area (Å²) >= 11 is 6.06. The monoisotopic (exact) mass is 283 g/mol. The summed E-state index contributed by atoms with van der Waals surface area (Å²) in [5.41, 5.74) is 1.69. The Bertz CT molecular complexity index is 631. The highest BCUT2D eigenvalue weighted by Gasteiger charge is 2.21. The van der Waals surface area contributed by atoms with Crippen LogP contribution in [0.4, 0.5) is 0 Å². The number of ketones is 1. The Morgan fingerprint density at radius 2 is 1.75 bits per heavy atom. The predicted octanol–water partition coefficient (Wildman–Crippen LogP) is 4.15. The van der Waals surface area contributed by atoms with Crippen LogP contribution in [0.25, 0.3) is 0 Å². The average Bonchev–Trinajstić information content (AvgIpc) is 2.49. The molecule has 0 aliphatic carbocycles. The number of carbonyl (C=O) groups excluding carboxylic acids is 1. The second kappa shape index (κ2) is 6.88. The van der Waals surface area contributed by atoms with Crippen LogP contribution in [0, 0.1) is 11.3 Å². The summed E-state index contributed by atoms with van der Waals surface area (Å²) < 4.78 is 0. The van der Waals surface area contributed by atoms with Crippen molar-refractivity contribution in [2.75, 3.05) is 0 Å². The minimum atomic E-state index is -0.785. The molecule has 2 rings (SSSR count). The molecule has 20 heavy (non-hydrogen) atoms. The third-order valence-corrected chi connectivity index (χ3v) is 3.51. The van der Waals surface area contributed by atoms with E-state index in [1.807, 2.05) is 30.3 Å². The van der Waals surface area contributed by atoms with E-state index in [-0.39, 0.29) is 5.78 Å². The average molecular weight is 284 g/mol. The quantitative estimate of drug-likeness (QED) is 0.827. The largest absolute Gasteiger partial charge is 0.298 e. The van der Waals surface area contributed by atoms with Gasteiger partial charge in [0.2, 0.25) is 0 Å². The number of aryl methyl sites for hydroxylation is 1. The molecule has 0 heterocycles. The van der Waals surface area contributed by atoms with Gasteiger partial charge in [-0.2, -0.15) is 5.26 Å². The number of nitrogens with zero attached hydrogens (tertiary/aromatic N) is 1. The fourth-order valence-corrected chi connectivity index (χ4v) is 2.33. The van der Waals surface area contributed by atoms with Gasteiger partial charge in [-0.1, -0.05) is 60.1 Å². The zero-order valence-electron chi connectivity index (χ0n) is 10.9. The van der Waals surface area contributed by atoms with Crippen LogP contribution in [-0.4, -0.2) is 5.78 Å². The number of rotatable bonds is 5. The van der Waals surface area contributed by atoms with Crippen LogP contribution in [0.2, 0.25) is 5.02 Å². The van der Waals surface area contributed by atoms with Gasteiger partial charge in [0, 0.05) is 11.4 Å². The van der Waals surface area contributed by atoms with Crippen molar-refractivity contribution < 1.29 is 4.79 Å². The van der Waals surface area contributed by atoms with Gasteiger partial charge >= 0.3 is 0 Å². The Labute approximate surface area is 123 Å². The highest BCUT2D eigenvalue weighted by molar-refractivity contribution is 6.31. The summed E-state index contributed by atoms with van der Waals surface area (Å²) in [5, 5.41) is 9.71. The molecule has 2 nitrogen and oxygen atoms in total. The normalized spacial score (nSPS) is 11.6. The van der Waals surface area contributed by atoms with Crippen molar-refractivity contribution in [2.24, 2.45) is 0 Å². The second-order valence-electron chi connectivity index (χ2n) is 4.54. The number of halogens is 1. The molecule has 0 amide bonds. The van der Waals surface area contributed by atoms with E-state index in [1.165, 1.54) is 0 Å². The molecule has 0 aromatic heterocycles. The molecule has 2 aromatic carbocycles. The van der Waals surface area contributed by atoms with Gasteiger partial charge in [-0.15, -0.1) is 0 Å². The molecule has 0 aliphatic heterocycles. The van der Waals surface area contributed by atoms with Crippen molar-refractivity contribution in [3.05, 3.63) is 70.7 Å². The Morgan fingerprint density at radius 1 is 1.10 bits per heavy atom. The van der Waals surface area contributed by atoms with Gasteiger partial charge in [0.1, 0.15) is 5.92 Å². The Morgan fingerprint density at radius 3 is 2.40 bits per heavy atom. The molecule has 0 spiro atoms. The van der Waals surface area contributed by atoms with Crippen LogP contribution in [0.15, 0.2) is 54.6 Å². The van der Waals surface area contributed by atoms with E-state index in [2.05, 4.69) is 6.07 Å².